The molecule has 0 radical (unpaired) electrons. The van der Waals surface area contributed by atoms with Gasteiger partial charge < -0.3 is 22.3 Å². The van der Waals surface area contributed by atoms with Gasteiger partial charge in [0.05, 0.1) is 6.10 Å². The monoisotopic (exact) mass is 174 g/mol. The van der Waals surface area contributed by atoms with Gasteiger partial charge in [-0.15, -0.1) is 0 Å². The Labute approximate surface area is 72.6 Å². The molecule has 0 aromatic carbocycles. The summed E-state index contributed by atoms with van der Waals surface area (Å²) in [7, 11) is 0. The summed E-state index contributed by atoms with van der Waals surface area (Å²) < 4.78 is 0. The lowest BCUT2D eigenvalue weighted by molar-refractivity contribution is 0.158. The Bertz CT molecular complexity index is 142. The van der Waals surface area contributed by atoms with Gasteiger partial charge in [-0.2, -0.15) is 0 Å². The van der Waals surface area contributed by atoms with E-state index in [0.29, 0.717) is 6.54 Å². The topological polar surface area (TPSA) is 111 Å². The molecule has 0 aliphatic heterocycles. The van der Waals surface area contributed by atoms with E-state index in [9.17, 15) is 0 Å². The van der Waals surface area contributed by atoms with E-state index < -0.39 is 6.10 Å². The van der Waals surface area contributed by atoms with Crippen molar-refractivity contribution in [3.05, 3.63) is 0 Å². The van der Waals surface area contributed by atoms with Gasteiger partial charge in [-0.1, -0.05) is 0 Å². The number of guanidine groups is 1. The normalized spacial score (nSPS) is 15.2. The molecule has 0 aliphatic rings. The minimum Gasteiger partial charge on any atom is -0.392 e. The van der Waals surface area contributed by atoms with Crippen LogP contribution in [0, 0.1) is 0 Å². The number of rotatable bonds is 5. The number of hydrogen-bond acceptors (Lipinski definition) is 3. The van der Waals surface area contributed by atoms with Gasteiger partial charge >= 0.3 is 0 Å². The molecular weight excluding hydrogens is 156 g/mol. The third kappa shape index (κ3) is 5.94. The third-order valence-electron chi connectivity index (χ3n) is 1.61. The number of nitrogens with two attached hydrogens (primary N) is 3. The van der Waals surface area contributed by atoms with Gasteiger partial charge in [-0.3, -0.25) is 4.99 Å². The fraction of sp³-hybridized carbons (Fsp3) is 0.857. The highest BCUT2D eigenvalue weighted by atomic mass is 16.3. The fourth-order valence-corrected chi connectivity index (χ4v) is 0.776. The van der Waals surface area contributed by atoms with Crippen LogP contribution in [0.1, 0.15) is 19.8 Å². The van der Waals surface area contributed by atoms with E-state index in [-0.39, 0.29) is 12.0 Å². The Kier molecular flexibility index (Phi) is 5.40. The predicted octanol–water partition coefficient (Wildman–Crippen LogP) is -1.25. The van der Waals surface area contributed by atoms with Crippen LogP contribution in [0.2, 0.25) is 0 Å². The largest absolute Gasteiger partial charge is 0.392 e. The molecule has 0 bridgehead atoms. The minimum absolute atomic E-state index is 0.0978. The van der Waals surface area contributed by atoms with Gasteiger partial charge in [-0.05, 0) is 19.8 Å². The summed E-state index contributed by atoms with van der Waals surface area (Å²) >= 11 is 0. The number of hydrogen-bond donors (Lipinski definition) is 4. The van der Waals surface area contributed by atoms with Crippen molar-refractivity contribution >= 4 is 5.96 Å². The van der Waals surface area contributed by atoms with E-state index in [0.717, 1.165) is 12.8 Å². The molecule has 0 rings (SSSR count). The van der Waals surface area contributed by atoms with Crippen LogP contribution in [-0.2, 0) is 0 Å². The van der Waals surface area contributed by atoms with Crippen LogP contribution in [0.25, 0.3) is 0 Å². The zero-order chi connectivity index (χ0) is 9.56. The minimum atomic E-state index is -0.468. The first-order valence-corrected chi connectivity index (χ1v) is 4.03. The van der Waals surface area contributed by atoms with E-state index in [1.807, 2.05) is 0 Å². The van der Waals surface area contributed by atoms with E-state index in [1.54, 1.807) is 6.92 Å². The second-order valence-electron chi connectivity index (χ2n) is 2.85. The van der Waals surface area contributed by atoms with Gasteiger partial charge in [0.15, 0.2) is 5.96 Å². The maximum absolute atomic E-state index is 9.02. The van der Waals surface area contributed by atoms with Crippen LogP contribution >= 0.6 is 0 Å². The van der Waals surface area contributed by atoms with Gasteiger partial charge in [0.1, 0.15) is 0 Å². The first-order valence-electron chi connectivity index (χ1n) is 4.03. The second kappa shape index (κ2) is 5.79. The molecule has 0 saturated heterocycles. The summed E-state index contributed by atoms with van der Waals surface area (Å²) in [4.78, 5) is 3.79. The molecule has 7 N–H and O–H groups in total. The maximum atomic E-state index is 9.02. The van der Waals surface area contributed by atoms with Crippen LogP contribution in [-0.4, -0.2) is 29.8 Å². The summed E-state index contributed by atoms with van der Waals surface area (Å²) in [6, 6.07) is -0.181. The zero-order valence-electron chi connectivity index (χ0n) is 7.40. The average Bonchev–Trinajstić information content (AvgIpc) is 1.97. The van der Waals surface area contributed by atoms with Gasteiger partial charge in [0, 0.05) is 12.6 Å². The quantitative estimate of drug-likeness (QED) is 0.237. The molecule has 72 valence electrons. The smallest absolute Gasteiger partial charge is 0.185 e. The SMILES string of the molecule is C[C@H](O)[C@H](N)CCCN=C(N)N. The molecule has 0 aromatic rings. The van der Waals surface area contributed by atoms with Gasteiger partial charge in [0.2, 0.25) is 0 Å². The lowest BCUT2D eigenvalue weighted by Crippen LogP contribution is -2.32. The second-order valence-corrected chi connectivity index (χ2v) is 2.85. The molecule has 0 aliphatic carbocycles. The van der Waals surface area contributed by atoms with E-state index in [1.165, 1.54) is 0 Å². The van der Waals surface area contributed by atoms with Crippen molar-refractivity contribution in [2.24, 2.45) is 22.2 Å². The molecular formula is C7H18N4O. The van der Waals surface area contributed by atoms with Crippen LogP contribution in [0.5, 0.6) is 0 Å². The highest BCUT2D eigenvalue weighted by molar-refractivity contribution is 5.75. The van der Waals surface area contributed by atoms with Crippen LogP contribution in [0.3, 0.4) is 0 Å². The van der Waals surface area contributed by atoms with Crippen molar-refractivity contribution < 1.29 is 5.11 Å². The van der Waals surface area contributed by atoms with Crippen LogP contribution < -0.4 is 17.2 Å². The number of aliphatic hydroxyl groups excluding tert-OH is 1. The van der Waals surface area contributed by atoms with Crippen LogP contribution in [0.15, 0.2) is 4.99 Å². The summed E-state index contributed by atoms with van der Waals surface area (Å²) in [6.07, 6.45) is 1.06. The predicted molar refractivity (Wildman–Crippen MR) is 49.6 cm³/mol. The molecule has 0 aromatic heterocycles. The summed E-state index contributed by atoms with van der Waals surface area (Å²) in [5.74, 6) is 0.0978. The van der Waals surface area contributed by atoms with Crippen molar-refractivity contribution in [3.8, 4) is 0 Å². The van der Waals surface area contributed by atoms with Crippen molar-refractivity contribution in [1.29, 1.82) is 0 Å². The third-order valence-corrected chi connectivity index (χ3v) is 1.61. The first kappa shape index (κ1) is 11.2. The molecule has 5 nitrogen and oxygen atoms in total. The summed E-state index contributed by atoms with van der Waals surface area (Å²) in [5, 5.41) is 9.02. The van der Waals surface area contributed by atoms with E-state index in [4.69, 9.17) is 22.3 Å². The lowest BCUT2D eigenvalue weighted by atomic mass is 10.1. The fourth-order valence-electron chi connectivity index (χ4n) is 0.776. The zero-order valence-corrected chi connectivity index (χ0v) is 7.40. The lowest BCUT2D eigenvalue weighted by Gasteiger charge is -2.12. The Morgan fingerprint density at radius 3 is 2.50 bits per heavy atom. The highest BCUT2D eigenvalue weighted by Crippen LogP contribution is 1.99. The number of aliphatic hydroxyl groups is 1. The van der Waals surface area contributed by atoms with Gasteiger partial charge in [-0.25, -0.2) is 0 Å². The standard InChI is InChI=1S/C7H18N4O/c1-5(12)6(8)3-2-4-11-7(9)10/h5-6,12H,2-4,8H2,1H3,(H4,9,10,11)/t5-,6+/m0/s1. The average molecular weight is 174 g/mol. The molecule has 2 atom stereocenters. The first-order chi connectivity index (χ1) is 5.54. The van der Waals surface area contributed by atoms with Crippen LogP contribution in [0.4, 0.5) is 0 Å². The van der Waals surface area contributed by atoms with Crippen molar-refractivity contribution in [2.75, 3.05) is 6.54 Å². The molecule has 5 heteroatoms. The van der Waals surface area contributed by atoms with Crippen molar-refractivity contribution in [1.82, 2.24) is 0 Å². The van der Waals surface area contributed by atoms with E-state index >= 15 is 0 Å². The molecule has 0 fully saturated rings. The summed E-state index contributed by atoms with van der Waals surface area (Å²) in [5.41, 5.74) is 15.8. The molecule has 0 amide bonds. The molecule has 0 heterocycles. The van der Waals surface area contributed by atoms with Crippen molar-refractivity contribution in [2.45, 2.75) is 31.9 Å². The molecule has 0 saturated carbocycles. The Hall–Kier alpha value is -0.810. The maximum Gasteiger partial charge on any atom is 0.185 e. The number of aliphatic imine (C=N–C) groups is 1. The molecule has 0 spiro atoms. The summed E-state index contributed by atoms with van der Waals surface area (Å²) in [6.45, 7) is 2.24. The Morgan fingerprint density at radius 2 is 2.08 bits per heavy atom. The highest BCUT2D eigenvalue weighted by Gasteiger charge is 2.07. The van der Waals surface area contributed by atoms with Crippen molar-refractivity contribution in [3.63, 3.8) is 0 Å². The Balaban J connectivity index is 3.38. The molecule has 12 heavy (non-hydrogen) atoms. The molecule has 0 unspecified atom stereocenters. The van der Waals surface area contributed by atoms with E-state index in [2.05, 4.69) is 4.99 Å². The number of nitrogens with zero attached hydrogens (tertiary/aromatic N) is 1. The Morgan fingerprint density at radius 1 is 1.50 bits per heavy atom. The van der Waals surface area contributed by atoms with Gasteiger partial charge in [0.25, 0.3) is 0 Å².